The fraction of sp³-hybridized carbons (Fsp3) is 0.500. The molecule has 1 fully saturated rings. The third kappa shape index (κ3) is 3.12. The maximum Gasteiger partial charge on any atom is 0.125 e. The summed E-state index contributed by atoms with van der Waals surface area (Å²) in [6.07, 6.45) is 3.85. The van der Waals surface area contributed by atoms with E-state index in [-0.39, 0.29) is 5.82 Å². The number of nitrogen functional groups attached to an aromatic ring is 1. The van der Waals surface area contributed by atoms with Gasteiger partial charge in [0, 0.05) is 22.9 Å². The first-order chi connectivity index (χ1) is 7.75. The lowest BCUT2D eigenvalue weighted by molar-refractivity contribution is 0.0315. The SMILES string of the molecule is Nc1cc(F)ccc1SCC1CCCCO1. The van der Waals surface area contributed by atoms with Crippen LogP contribution in [-0.2, 0) is 4.74 Å². The monoisotopic (exact) mass is 241 g/mol. The molecule has 1 atom stereocenters. The van der Waals surface area contributed by atoms with Crippen LogP contribution < -0.4 is 5.73 Å². The first kappa shape index (κ1) is 11.7. The Bertz CT molecular complexity index is 353. The third-order valence-electron chi connectivity index (χ3n) is 2.67. The number of ether oxygens (including phenoxy) is 1. The Hall–Kier alpha value is -0.740. The van der Waals surface area contributed by atoms with Crippen LogP contribution in [0.3, 0.4) is 0 Å². The first-order valence-corrected chi connectivity index (χ1v) is 6.53. The van der Waals surface area contributed by atoms with Gasteiger partial charge < -0.3 is 10.5 Å². The number of hydrogen-bond donors (Lipinski definition) is 1. The van der Waals surface area contributed by atoms with Gasteiger partial charge in [-0.05, 0) is 37.5 Å². The summed E-state index contributed by atoms with van der Waals surface area (Å²) >= 11 is 1.65. The first-order valence-electron chi connectivity index (χ1n) is 5.55. The van der Waals surface area contributed by atoms with E-state index in [4.69, 9.17) is 10.5 Å². The molecule has 2 rings (SSSR count). The Labute approximate surface area is 99.4 Å². The van der Waals surface area contributed by atoms with Gasteiger partial charge in [-0.2, -0.15) is 0 Å². The van der Waals surface area contributed by atoms with Crippen LogP contribution in [-0.4, -0.2) is 18.5 Å². The van der Waals surface area contributed by atoms with Gasteiger partial charge in [-0.25, -0.2) is 4.39 Å². The number of anilines is 1. The molecule has 0 radical (unpaired) electrons. The molecule has 2 nitrogen and oxygen atoms in total. The molecule has 1 unspecified atom stereocenters. The highest BCUT2D eigenvalue weighted by molar-refractivity contribution is 7.99. The molecule has 0 spiro atoms. The number of thioether (sulfide) groups is 1. The summed E-state index contributed by atoms with van der Waals surface area (Å²) in [5.74, 6) is 0.617. The summed E-state index contributed by atoms with van der Waals surface area (Å²) in [6, 6.07) is 4.54. The second kappa shape index (κ2) is 5.55. The quantitative estimate of drug-likeness (QED) is 0.652. The number of rotatable bonds is 3. The molecule has 0 aliphatic carbocycles. The summed E-state index contributed by atoms with van der Waals surface area (Å²) in [4.78, 5) is 0.940. The van der Waals surface area contributed by atoms with Gasteiger partial charge in [-0.15, -0.1) is 11.8 Å². The average molecular weight is 241 g/mol. The number of nitrogens with two attached hydrogens (primary N) is 1. The molecule has 4 heteroatoms. The van der Waals surface area contributed by atoms with E-state index in [9.17, 15) is 4.39 Å². The van der Waals surface area contributed by atoms with Gasteiger partial charge in [0.05, 0.1) is 6.10 Å². The van der Waals surface area contributed by atoms with Crippen molar-refractivity contribution in [2.24, 2.45) is 0 Å². The highest BCUT2D eigenvalue weighted by Gasteiger charge is 2.14. The Morgan fingerprint density at radius 2 is 2.31 bits per heavy atom. The fourth-order valence-corrected chi connectivity index (χ4v) is 2.79. The van der Waals surface area contributed by atoms with Crippen molar-refractivity contribution in [1.82, 2.24) is 0 Å². The van der Waals surface area contributed by atoms with Crippen molar-refractivity contribution in [3.8, 4) is 0 Å². The maximum absolute atomic E-state index is 12.8. The van der Waals surface area contributed by atoms with Crippen LogP contribution in [0, 0.1) is 5.82 Å². The Morgan fingerprint density at radius 1 is 1.44 bits per heavy atom. The van der Waals surface area contributed by atoms with Crippen LogP contribution in [0.4, 0.5) is 10.1 Å². The summed E-state index contributed by atoms with van der Waals surface area (Å²) < 4.78 is 18.5. The second-order valence-corrected chi connectivity index (χ2v) is 5.04. The van der Waals surface area contributed by atoms with Crippen LogP contribution in [0.1, 0.15) is 19.3 Å². The molecule has 1 aliphatic rings. The molecule has 1 saturated heterocycles. The summed E-state index contributed by atoms with van der Waals surface area (Å²) in [5.41, 5.74) is 6.25. The smallest absolute Gasteiger partial charge is 0.125 e. The fourth-order valence-electron chi connectivity index (χ4n) is 1.77. The minimum absolute atomic E-state index is 0.282. The number of hydrogen-bond acceptors (Lipinski definition) is 3. The van der Waals surface area contributed by atoms with Crippen molar-refractivity contribution >= 4 is 17.4 Å². The second-order valence-electron chi connectivity index (χ2n) is 3.98. The topological polar surface area (TPSA) is 35.2 Å². The molecule has 0 amide bonds. The van der Waals surface area contributed by atoms with Crippen molar-refractivity contribution in [3.63, 3.8) is 0 Å². The summed E-state index contributed by atoms with van der Waals surface area (Å²) in [5, 5.41) is 0. The lowest BCUT2D eigenvalue weighted by Gasteiger charge is -2.22. The lowest BCUT2D eigenvalue weighted by atomic mass is 10.1. The molecule has 0 aromatic heterocycles. The predicted molar refractivity (Wildman–Crippen MR) is 65.1 cm³/mol. The Kier molecular flexibility index (Phi) is 4.07. The summed E-state index contributed by atoms with van der Waals surface area (Å²) in [7, 11) is 0. The van der Waals surface area contributed by atoms with E-state index in [1.807, 2.05) is 0 Å². The molecule has 1 aliphatic heterocycles. The van der Waals surface area contributed by atoms with E-state index < -0.39 is 0 Å². The molecule has 1 heterocycles. The predicted octanol–water partition coefficient (Wildman–Crippen LogP) is 3.07. The highest BCUT2D eigenvalue weighted by Crippen LogP contribution is 2.28. The van der Waals surface area contributed by atoms with E-state index in [1.165, 1.54) is 25.0 Å². The van der Waals surface area contributed by atoms with Crippen LogP contribution in [0.15, 0.2) is 23.1 Å². The molecular weight excluding hydrogens is 225 g/mol. The van der Waals surface area contributed by atoms with Gasteiger partial charge in [-0.1, -0.05) is 0 Å². The van der Waals surface area contributed by atoms with Crippen LogP contribution >= 0.6 is 11.8 Å². The normalized spacial score (nSPS) is 20.9. The van der Waals surface area contributed by atoms with E-state index in [0.717, 1.165) is 23.7 Å². The zero-order valence-corrected chi connectivity index (χ0v) is 9.93. The standard InChI is InChI=1S/C12H16FNOS/c13-9-4-5-12(11(14)7-9)16-8-10-3-1-2-6-15-10/h4-5,7,10H,1-3,6,8,14H2. The van der Waals surface area contributed by atoms with E-state index in [0.29, 0.717) is 11.8 Å². The Morgan fingerprint density at radius 3 is 3.00 bits per heavy atom. The van der Waals surface area contributed by atoms with Gasteiger partial charge >= 0.3 is 0 Å². The van der Waals surface area contributed by atoms with E-state index >= 15 is 0 Å². The van der Waals surface area contributed by atoms with Crippen molar-refractivity contribution in [2.75, 3.05) is 18.1 Å². The van der Waals surface area contributed by atoms with Crippen molar-refractivity contribution < 1.29 is 9.13 Å². The van der Waals surface area contributed by atoms with Crippen molar-refractivity contribution in [3.05, 3.63) is 24.0 Å². The molecule has 2 N–H and O–H groups in total. The van der Waals surface area contributed by atoms with Gasteiger partial charge in [0.25, 0.3) is 0 Å². The number of benzene rings is 1. The minimum Gasteiger partial charge on any atom is -0.398 e. The Balaban J connectivity index is 1.88. The molecule has 88 valence electrons. The van der Waals surface area contributed by atoms with E-state index in [1.54, 1.807) is 17.8 Å². The summed E-state index contributed by atoms with van der Waals surface area (Å²) in [6.45, 7) is 0.865. The zero-order chi connectivity index (χ0) is 11.4. The minimum atomic E-state index is -0.282. The van der Waals surface area contributed by atoms with Crippen molar-refractivity contribution in [2.45, 2.75) is 30.3 Å². The molecular formula is C12H16FNOS. The van der Waals surface area contributed by atoms with Crippen LogP contribution in [0.25, 0.3) is 0 Å². The van der Waals surface area contributed by atoms with Crippen LogP contribution in [0.2, 0.25) is 0 Å². The van der Waals surface area contributed by atoms with Gasteiger partial charge in [0.1, 0.15) is 5.82 Å². The largest absolute Gasteiger partial charge is 0.398 e. The van der Waals surface area contributed by atoms with Gasteiger partial charge in [0.15, 0.2) is 0 Å². The number of halogens is 1. The maximum atomic E-state index is 12.8. The van der Waals surface area contributed by atoms with E-state index in [2.05, 4.69) is 0 Å². The van der Waals surface area contributed by atoms with Gasteiger partial charge in [0.2, 0.25) is 0 Å². The molecule has 0 bridgehead atoms. The molecule has 1 aromatic rings. The third-order valence-corrected chi connectivity index (χ3v) is 3.89. The zero-order valence-electron chi connectivity index (χ0n) is 9.12. The molecule has 1 aromatic carbocycles. The van der Waals surface area contributed by atoms with Crippen LogP contribution in [0.5, 0.6) is 0 Å². The van der Waals surface area contributed by atoms with Gasteiger partial charge in [-0.3, -0.25) is 0 Å². The lowest BCUT2D eigenvalue weighted by Crippen LogP contribution is -2.21. The molecule has 0 saturated carbocycles. The molecule has 16 heavy (non-hydrogen) atoms. The van der Waals surface area contributed by atoms with Crippen molar-refractivity contribution in [1.29, 1.82) is 0 Å². The highest BCUT2D eigenvalue weighted by atomic mass is 32.2. The average Bonchev–Trinajstić information content (AvgIpc) is 2.29.